The highest BCUT2D eigenvalue weighted by Gasteiger charge is 2.10. The van der Waals surface area contributed by atoms with Crippen LogP contribution in [0.5, 0.6) is 5.75 Å². The molecule has 0 aliphatic heterocycles. The molecular formula is C13H17ClN4O3. The molecular weight excluding hydrogens is 296 g/mol. The number of halogens is 1. The van der Waals surface area contributed by atoms with Gasteiger partial charge >= 0.3 is 0 Å². The van der Waals surface area contributed by atoms with Gasteiger partial charge in [-0.2, -0.15) is 0 Å². The molecule has 0 aliphatic rings. The molecule has 7 nitrogen and oxygen atoms in total. The summed E-state index contributed by atoms with van der Waals surface area (Å²) in [5.41, 5.74) is 6.11. The van der Waals surface area contributed by atoms with E-state index < -0.39 is 4.92 Å². The van der Waals surface area contributed by atoms with Gasteiger partial charge in [0.2, 0.25) is 6.33 Å². The van der Waals surface area contributed by atoms with Crippen molar-refractivity contribution in [2.45, 2.75) is 13.0 Å². The number of benzene rings is 1. The number of nitrogens with zero attached hydrogens (tertiary/aromatic N) is 3. The molecule has 0 radical (unpaired) electrons. The van der Waals surface area contributed by atoms with E-state index in [1.165, 1.54) is 18.2 Å². The van der Waals surface area contributed by atoms with Crippen LogP contribution in [0, 0.1) is 10.1 Å². The first-order valence-corrected chi connectivity index (χ1v) is 6.24. The number of nitrogen functional groups attached to an aromatic ring is 1. The largest absolute Gasteiger partial charge is 1.00 e. The molecule has 0 atom stereocenters. The monoisotopic (exact) mass is 312 g/mol. The lowest BCUT2D eigenvalue weighted by molar-refractivity contribution is -0.671. The number of nitrogens with two attached hydrogens (primary N) is 1. The van der Waals surface area contributed by atoms with E-state index in [1.54, 1.807) is 0 Å². The predicted octanol–water partition coefficient (Wildman–Crippen LogP) is -1.72. The van der Waals surface area contributed by atoms with Crippen LogP contribution >= 0.6 is 0 Å². The molecule has 0 saturated heterocycles. The van der Waals surface area contributed by atoms with Crippen molar-refractivity contribution in [2.75, 3.05) is 12.3 Å². The molecule has 2 rings (SSSR count). The lowest BCUT2D eigenvalue weighted by Crippen LogP contribution is -3.00. The van der Waals surface area contributed by atoms with Gasteiger partial charge in [-0.05, 0) is 6.07 Å². The van der Waals surface area contributed by atoms with Gasteiger partial charge in [0.1, 0.15) is 18.1 Å². The van der Waals surface area contributed by atoms with Gasteiger partial charge in [0.05, 0.1) is 36.9 Å². The van der Waals surface area contributed by atoms with Gasteiger partial charge in [0.25, 0.3) is 5.69 Å². The summed E-state index contributed by atoms with van der Waals surface area (Å²) >= 11 is 0. The first-order valence-electron chi connectivity index (χ1n) is 6.24. The molecule has 8 heteroatoms. The summed E-state index contributed by atoms with van der Waals surface area (Å²) in [6.07, 6.45) is 6.69. The fourth-order valence-electron chi connectivity index (χ4n) is 1.82. The van der Waals surface area contributed by atoms with Crippen molar-refractivity contribution in [3.63, 3.8) is 0 Å². The number of nitro groups is 1. The molecule has 0 amide bonds. The Bertz CT molecular complexity index is 615. The molecule has 0 fully saturated rings. The number of ether oxygens (including phenoxy) is 1. The minimum Gasteiger partial charge on any atom is -1.00 e. The molecule has 1 aromatic heterocycles. The van der Waals surface area contributed by atoms with E-state index in [9.17, 15) is 10.1 Å². The van der Waals surface area contributed by atoms with Crippen LogP contribution in [-0.2, 0) is 13.6 Å². The summed E-state index contributed by atoms with van der Waals surface area (Å²) in [4.78, 5) is 10.2. The van der Waals surface area contributed by atoms with Crippen molar-refractivity contribution in [1.82, 2.24) is 4.57 Å². The predicted molar refractivity (Wildman–Crippen MR) is 73.2 cm³/mol. The van der Waals surface area contributed by atoms with E-state index >= 15 is 0 Å². The molecule has 0 aliphatic carbocycles. The summed E-state index contributed by atoms with van der Waals surface area (Å²) < 4.78 is 9.51. The SMILES string of the molecule is C[n+]1ccn(CCCOc2cc([N+](=O)[O-])ccc2N)c1.[Cl-]. The summed E-state index contributed by atoms with van der Waals surface area (Å²) in [5, 5.41) is 10.7. The Hall–Kier alpha value is -2.28. The number of aromatic nitrogens is 2. The number of anilines is 1. The lowest BCUT2D eigenvalue weighted by Gasteiger charge is -2.07. The van der Waals surface area contributed by atoms with Crippen LogP contribution in [0.1, 0.15) is 6.42 Å². The van der Waals surface area contributed by atoms with Gasteiger partial charge < -0.3 is 22.9 Å². The van der Waals surface area contributed by atoms with E-state index in [0.717, 1.165) is 13.0 Å². The van der Waals surface area contributed by atoms with E-state index in [1.807, 2.05) is 34.9 Å². The zero-order valence-electron chi connectivity index (χ0n) is 11.6. The zero-order chi connectivity index (χ0) is 14.5. The highest BCUT2D eigenvalue weighted by Crippen LogP contribution is 2.26. The highest BCUT2D eigenvalue weighted by molar-refractivity contribution is 5.57. The van der Waals surface area contributed by atoms with Crippen LogP contribution < -0.4 is 27.4 Å². The Morgan fingerprint density at radius 3 is 2.86 bits per heavy atom. The number of aryl methyl sites for hydroxylation is 2. The van der Waals surface area contributed by atoms with E-state index in [0.29, 0.717) is 18.0 Å². The van der Waals surface area contributed by atoms with Gasteiger partial charge in [-0.1, -0.05) is 0 Å². The smallest absolute Gasteiger partial charge is 0.273 e. The van der Waals surface area contributed by atoms with Crippen LogP contribution in [0.4, 0.5) is 11.4 Å². The number of rotatable bonds is 6. The fraction of sp³-hybridized carbons (Fsp3) is 0.308. The maximum absolute atomic E-state index is 10.7. The Kier molecular flexibility index (Phi) is 5.98. The third kappa shape index (κ3) is 4.64. The summed E-state index contributed by atoms with van der Waals surface area (Å²) in [5.74, 6) is 0.359. The van der Waals surface area contributed by atoms with Gasteiger partial charge in [0.15, 0.2) is 0 Å². The molecule has 2 aromatic rings. The Morgan fingerprint density at radius 2 is 2.24 bits per heavy atom. The minimum absolute atomic E-state index is 0. The third-order valence-corrected chi connectivity index (χ3v) is 2.85. The molecule has 2 N–H and O–H groups in total. The van der Waals surface area contributed by atoms with Crippen molar-refractivity contribution in [1.29, 1.82) is 0 Å². The Balaban J connectivity index is 0.00000220. The molecule has 21 heavy (non-hydrogen) atoms. The van der Waals surface area contributed by atoms with Crippen LogP contribution in [0.3, 0.4) is 0 Å². The normalized spacial score (nSPS) is 9.95. The zero-order valence-corrected chi connectivity index (χ0v) is 12.4. The molecule has 0 spiro atoms. The van der Waals surface area contributed by atoms with Gasteiger partial charge in [0, 0.05) is 12.5 Å². The van der Waals surface area contributed by atoms with Crippen molar-refractivity contribution in [3.05, 3.63) is 47.0 Å². The Morgan fingerprint density at radius 1 is 1.48 bits per heavy atom. The second kappa shape index (κ2) is 7.49. The molecule has 0 saturated carbocycles. The van der Waals surface area contributed by atoms with E-state index in [4.69, 9.17) is 10.5 Å². The van der Waals surface area contributed by atoms with E-state index in [2.05, 4.69) is 0 Å². The Labute approximate surface area is 128 Å². The standard InChI is InChI=1S/C13H17N4O3.ClH/c1-15-6-7-16(10-15)5-2-8-20-13-9-11(17(18)19)3-4-12(13)14;/h3-4,6-7,9-10H,2,5,8,14H2,1H3;1H/q+1;/p-1. The first kappa shape index (κ1) is 16.8. The lowest BCUT2D eigenvalue weighted by atomic mass is 10.2. The average Bonchev–Trinajstić information content (AvgIpc) is 2.82. The minimum atomic E-state index is -0.466. The van der Waals surface area contributed by atoms with E-state index in [-0.39, 0.29) is 18.1 Å². The highest BCUT2D eigenvalue weighted by atomic mass is 35.5. The van der Waals surface area contributed by atoms with Crippen LogP contribution in [0.25, 0.3) is 0 Å². The summed E-state index contributed by atoms with van der Waals surface area (Å²) in [6, 6.07) is 4.20. The molecule has 1 aromatic carbocycles. The van der Waals surface area contributed by atoms with Gasteiger partial charge in [-0.3, -0.25) is 10.1 Å². The first-order chi connectivity index (χ1) is 9.56. The fourth-order valence-corrected chi connectivity index (χ4v) is 1.82. The number of imidazole rings is 1. The molecule has 114 valence electrons. The number of nitro benzene ring substituents is 1. The average molecular weight is 313 g/mol. The topological polar surface area (TPSA) is 87.2 Å². The maximum Gasteiger partial charge on any atom is 0.273 e. The third-order valence-electron chi connectivity index (χ3n) is 2.85. The number of hydrogen-bond acceptors (Lipinski definition) is 4. The molecule has 0 bridgehead atoms. The van der Waals surface area contributed by atoms with Crippen molar-refractivity contribution in [3.8, 4) is 5.75 Å². The van der Waals surface area contributed by atoms with Crippen molar-refractivity contribution >= 4 is 11.4 Å². The van der Waals surface area contributed by atoms with Crippen LogP contribution in [0.15, 0.2) is 36.9 Å². The van der Waals surface area contributed by atoms with Gasteiger partial charge in [-0.25, -0.2) is 9.13 Å². The maximum atomic E-state index is 10.7. The number of hydrogen-bond donors (Lipinski definition) is 1. The second-order valence-electron chi connectivity index (χ2n) is 4.50. The van der Waals surface area contributed by atoms with Crippen LogP contribution in [-0.4, -0.2) is 16.1 Å². The van der Waals surface area contributed by atoms with Crippen LogP contribution in [0.2, 0.25) is 0 Å². The number of non-ortho nitro benzene ring substituents is 1. The van der Waals surface area contributed by atoms with Crippen molar-refractivity contribution < 1.29 is 26.6 Å². The van der Waals surface area contributed by atoms with Gasteiger partial charge in [-0.15, -0.1) is 0 Å². The quantitative estimate of drug-likeness (QED) is 0.226. The molecule has 1 heterocycles. The molecule has 0 unspecified atom stereocenters. The summed E-state index contributed by atoms with van der Waals surface area (Å²) in [6.45, 7) is 1.27. The second-order valence-corrected chi connectivity index (χ2v) is 4.50. The van der Waals surface area contributed by atoms with Crippen molar-refractivity contribution in [2.24, 2.45) is 7.05 Å². The summed E-state index contributed by atoms with van der Waals surface area (Å²) in [7, 11) is 1.96.